The molecule has 2 heterocycles. The Hall–Kier alpha value is -1.46. The average Bonchev–Trinajstić information content (AvgIpc) is 2.74. The topological polar surface area (TPSA) is 42.7 Å². The molecule has 1 aliphatic heterocycles. The molecule has 0 amide bonds. The van der Waals surface area contributed by atoms with Crippen molar-refractivity contribution < 1.29 is 4.39 Å². The van der Waals surface area contributed by atoms with Gasteiger partial charge in [0.2, 0.25) is 0 Å². The van der Waals surface area contributed by atoms with Gasteiger partial charge in [-0.25, -0.2) is 4.39 Å². The Kier molecular flexibility index (Phi) is 2.80. The number of hydrogen-bond donors (Lipinski definition) is 1. The monoisotopic (exact) mass is 266 g/mol. The molecule has 0 radical (unpaired) electrons. The standard InChI is InChI=1S/C12H12ClFN4/c1-7-11-16-17-12(18(11)5-4-15-7)9-3-2-8(13)6-10(9)14/h2-3,6-7,15H,4-5H2,1H3. The van der Waals surface area contributed by atoms with Gasteiger partial charge in [0, 0.05) is 18.1 Å². The molecule has 94 valence electrons. The number of fused-ring (bicyclic) bond motifs is 1. The van der Waals surface area contributed by atoms with Crippen molar-refractivity contribution in [2.75, 3.05) is 6.54 Å². The van der Waals surface area contributed by atoms with Gasteiger partial charge < -0.3 is 9.88 Å². The second kappa shape index (κ2) is 4.33. The molecule has 2 aromatic rings. The Morgan fingerprint density at radius 2 is 2.28 bits per heavy atom. The van der Waals surface area contributed by atoms with Crippen molar-refractivity contribution in [1.82, 2.24) is 20.1 Å². The maximum Gasteiger partial charge on any atom is 0.167 e. The second-order valence-corrected chi connectivity index (χ2v) is 4.77. The molecule has 1 unspecified atom stereocenters. The van der Waals surface area contributed by atoms with Gasteiger partial charge in [0.15, 0.2) is 5.82 Å². The third-order valence-corrected chi connectivity index (χ3v) is 3.36. The molecule has 1 N–H and O–H groups in total. The van der Waals surface area contributed by atoms with Gasteiger partial charge >= 0.3 is 0 Å². The fourth-order valence-corrected chi connectivity index (χ4v) is 2.37. The van der Waals surface area contributed by atoms with Crippen LogP contribution in [0.4, 0.5) is 4.39 Å². The first-order valence-corrected chi connectivity index (χ1v) is 6.16. The van der Waals surface area contributed by atoms with Crippen LogP contribution in [0.3, 0.4) is 0 Å². The molecule has 0 saturated carbocycles. The predicted molar refractivity (Wildman–Crippen MR) is 66.8 cm³/mol. The lowest BCUT2D eigenvalue weighted by Gasteiger charge is -2.22. The molecule has 0 spiro atoms. The molecule has 4 nitrogen and oxygen atoms in total. The number of aromatic nitrogens is 3. The number of hydrogen-bond acceptors (Lipinski definition) is 3. The van der Waals surface area contributed by atoms with Crippen LogP contribution in [-0.4, -0.2) is 21.3 Å². The molecule has 3 rings (SSSR count). The summed E-state index contributed by atoms with van der Waals surface area (Å²) < 4.78 is 15.9. The summed E-state index contributed by atoms with van der Waals surface area (Å²) in [5, 5.41) is 11.9. The van der Waals surface area contributed by atoms with Crippen LogP contribution in [0, 0.1) is 5.82 Å². The summed E-state index contributed by atoms with van der Waals surface area (Å²) in [5.74, 6) is 1.03. The predicted octanol–water partition coefficient (Wildman–Crippen LogP) is 2.40. The van der Waals surface area contributed by atoms with E-state index < -0.39 is 0 Å². The largest absolute Gasteiger partial charge is 0.308 e. The molecule has 6 heteroatoms. The van der Waals surface area contributed by atoms with E-state index in [-0.39, 0.29) is 11.9 Å². The summed E-state index contributed by atoms with van der Waals surface area (Å²) in [7, 11) is 0. The first-order valence-electron chi connectivity index (χ1n) is 5.78. The lowest BCUT2D eigenvalue weighted by molar-refractivity contribution is 0.438. The highest BCUT2D eigenvalue weighted by molar-refractivity contribution is 6.30. The minimum atomic E-state index is -0.371. The van der Waals surface area contributed by atoms with Gasteiger partial charge in [-0.3, -0.25) is 0 Å². The zero-order valence-electron chi connectivity index (χ0n) is 9.82. The molecule has 1 aliphatic rings. The minimum absolute atomic E-state index is 0.135. The zero-order valence-corrected chi connectivity index (χ0v) is 10.6. The fraction of sp³-hybridized carbons (Fsp3) is 0.333. The Labute approximate surface area is 109 Å². The van der Waals surface area contributed by atoms with Gasteiger partial charge in [0.05, 0.1) is 11.6 Å². The molecule has 0 bridgehead atoms. The summed E-state index contributed by atoms with van der Waals surface area (Å²) in [6.07, 6.45) is 0. The van der Waals surface area contributed by atoms with Gasteiger partial charge in [0.1, 0.15) is 11.6 Å². The molecular weight excluding hydrogens is 255 g/mol. The Balaban J connectivity index is 2.12. The van der Waals surface area contributed by atoms with E-state index in [4.69, 9.17) is 11.6 Å². The van der Waals surface area contributed by atoms with Crippen LogP contribution in [0.25, 0.3) is 11.4 Å². The van der Waals surface area contributed by atoms with Crippen LogP contribution in [0.5, 0.6) is 0 Å². The second-order valence-electron chi connectivity index (χ2n) is 4.33. The summed E-state index contributed by atoms with van der Waals surface area (Å²) in [6, 6.07) is 4.73. The summed E-state index contributed by atoms with van der Waals surface area (Å²) in [4.78, 5) is 0. The highest BCUT2D eigenvalue weighted by Gasteiger charge is 2.23. The van der Waals surface area contributed by atoms with E-state index in [1.54, 1.807) is 12.1 Å². The number of nitrogens with one attached hydrogen (secondary N) is 1. The van der Waals surface area contributed by atoms with E-state index in [2.05, 4.69) is 15.5 Å². The van der Waals surface area contributed by atoms with Gasteiger partial charge in [-0.15, -0.1) is 10.2 Å². The van der Waals surface area contributed by atoms with Crippen LogP contribution in [0.15, 0.2) is 18.2 Å². The molecule has 18 heavy (non-hydrogen) atoms. The van der Waals surface area contributed by atoms with Gasteiger partial charge in [-0.05, 0) is 25.1 Å². The Morgan fingerprint density at radius 3 is 3.06 bits per heavy atom. The van der Waals surface area contributed by atoms with Crippen molar-refractivity contribution in [2.45, 2.75) is 19.5 Å². The smallest absolute Gasteiger partial charge is 0.167 e. The van der Waals surface area contributed by atoms with E-state index in [0.717, 1.165) is 18.9 Å². The fourth-order valence-electron chi connectivity index (χ4n) is 2.21. The molecular formula is C12H12ClFN4. The van der Waals surface area contributed by atoms with Crippen molar-refractivity contribution in [1.29, 1.82) is 0 Å². The lowest BCUT2D eigenvalue weighted by Crippen LogP contribution is -2.32. The third kappa shape index (κ3) is 1.79. The number of nitrogens with zero attached hydrogens (tertiary/aromatic N) is 3. The highest BCUT2D eigenvalue weighted by atomic mass is 35.5. The van der Waals surface area contributed by atoms with Crippen LogP contribution in [0.1, 0.15) is 18.8 Å². The van der Waals surface area contributed by atoms with Crippen molar-refractivity contribution in [3.05, 3.63) is 34.9 Å². The van der Waals surface area contributed by atoms with Crippen molar-refractivity contribution in [2.24, 2.45) is 0 Å². The first kappa shape index (κ1) is 11.6. The Morgan fingerprint density at radius 1 is 1.44 bits per heavy atom. The molecule has 0 saturated heterocycles. The number of benzene rings is 1. The molecule has 1 aromatic heterocycles. The summed E-state index contributed by atoms with van der Waals surface area (Å²) >= 11 is 5.75. The van der Waals surface area contributed by atoms with Crippen LogP contribution < -0.4 is 5.32 Å². The van der Waals surface area contributed by atoms with E-state index in [1.165, 1.54) is 6.07 Å². The average molecular weight is 267 g/mol. The normalized spacial score (nSPS) is 18.7. The van der Waals surface area contributed by atoms with Gasteiger partial charge in [-0.1, -0.05) is 11.6 Å². The van der Waals surface area contributed by atoms with E-state index in [1.807, 2.05) is 11.5 Å². The van der Waals surface area contributed by atoms with E-state index in [9.17, 15) is 4.39 Å². The SMILES string of the molecule is CC1NCCn2c(-c3ccc(Cl)cc3F)nnc21. The summed E-state index contributed by atoms with van der Waals surface area (Å²) in [6.45, 7) is 3.58. The molecule has 0 fully saturated rings. The quantitative estimate of drug-likeness (QED) is 0.862. The van der Waals surface area contributed by atoms with Crippen molar-refractivity contribution in [3.63, 3.8) is 0 Å². The van der Waals surface area contributed by atoms with Crippen molar-refractivity contribution >= 4 is 11.6 Å². The highest BCUT2D eigenvalue weighted by Crippen LogP contribution is 2.27. The van der Waals surface area contributed by atoms with Crippen LogP contribution >= 0.6 is 11.6 Å². The van der Waals surface area contributed by atoms with Crippen LogP contribution in [0.2, 0.25) is 5.02 Å². The minimum Gasteiger partial charge on any atom is -0.308 e. The van der Waals surface area contributed by atoms with Crippen molar-refractivity contribution in [3.8, 4) is 11.4 Å². The first-order chi connectivity index (χ1) is 8.66. The number of halogens is 2. The maximum absolute atomic E-state index is 13.9. The van der Waals surface area contributed by atoms with E-state index in [0.29, 0.717) is 16.4 Å². The van der Waals surface area contributed by atoms with Gasteiger partial charge in [-0.2, -0.15) is 0 Å². The molecule has 1 atom stereocenters. The van der Waals surface area contributed by atoms with E-state index >= 15 is 0 Å². The molecule has 0 aliphatic carbocycles. The summed E-state index contributed by atoms with van der Waals surface area (Å²) in [5.41, 5.74) is 0.437. The zero-order chi connectivity index (χ0) is 12.7. The van der Waals surface area contributed by atoms with Crippen LogP contribution in [-0.2, 0) is 6.54 Å². The Bertz CT molecular complexity index is 596. The van der Waals surface area contributed by atoms with Gasteiger partial charge in [0.25, 0.3) is 0 Å². The lowest BCUT2D eigenvalue weighted by atomic mass is 10.2. The maximum atomic E-state index is 13.9. The number of rotatable bonds is 1. The third-order valence-electron chi connectivity index (χ3n) is 3.12. The molecule has 1 aromatic carbocycles.